The maximum absolute atomic E-state index is 13.5. The number of hydrogen-bond donors (Lipinski definition) is 10. The van der Waals surface area contributed by atoms with E-state index in [9.17, 15) is 55.9 Å². The minimum Gasteiger partial charge on any atom is -0.507 e. The molecule has 2 fully saturated rings. The van der Waals surface area contributed by atoms with Crippen LogP contribution in [0.1, 0.15) is 11.7 Å². The van der Waals surface area contributed by atoms with E-state index in [2.05, 4.69) is 0 Å². The molecule has 3 heterocycles. The van der Waals surface area contributed by atoms with Gasteiger partial charge in [-0.1, -0.05) is 12.1 Å². The molecule has 1 aromatic heterocycles. The SMILES string of the molecule is O=c1c(-c2ccc(OC3OC(CO)C(O)C(O)C3O)cc2)coc2c(C3OC(CO)C(O)C(O)C3O)c(O)cc(O)c12. The van der Waals surface area contributed by atoms with Crippen molar-refractivity contribution in [2.45, 2.75) is 61.2 Å². The van der Waals surface area contributed by atoms with Gasteiger partial charge in [-0.2, -0.15) is 0 Å². The first kappa shape index (κ1) is 30.1. The van der Waals surface area contributed by atoms with Gasteiger partial charge in [0.25, 0.3) is 0 Å². The van der Waals surface area contributed by atoms with Crippen LogP contribution < -0.4 is 10.2 Å². The van der Waals surface area contributed by atoms with Crippen molar-refractivity contribution in [3.8, 4) is 28.4 Å². The van der Waals surface area contributed by atoms with Gasteiger partial charge in [-0.3, -0.25) is 4.79 Å². The van der Waals surface area contributed by atoms with Gasteiger partial charge >= 0.3 is 0 Å². The van der Waals surface area contributed by atoms with Crippen molar-refractivity contribution < 1.29 is 69.7 Å². The van der Waals surface area contributed by atoms with Crippen LogP contribution in [0.25, 0.3) is 22.1 Å². The van der Waals surface area contributed by atoms with Gasteiger partial charge < -0.3 is 69.7 Å². The summed E-state index contributed by atoms with van der Waals surface area (Å²) in [5, 5.41) is 101. The van der Waals surface area contributed by atoms with Gasteiger partial charge in [0, 0.05) is 6.07 Å². The lowest BCUT2D eigenvalue weighted by atomic mass is 9.89. The molecule has 0 spiro atoms. The Morgan fingerprint density at radius 1 is 0.738 bits per heavy atom. The fourth-order valence-electron chi connectivity index (χ4n) is 5.12. The third-order valence-corrected chi connectivity index (χ3v) is 7.49. The Bertz CT molecular complexity index is 1470. The van der Waals surface area contributed by atoms with Crippen LogP contribution in [0.15, 0.2) is 45.8 Å². The number of phenolic OH excluding ortho intramolecular Hbond substituents is 2. The number of rotatable bonds is 6. The summed E-state index contributed by atoms with van der Waals surface area (Å²) in [5.74, 6) is -1.17. The molecule has 0 radical (unpaired) electrons. The summed E-state index contributed by atoms with van der Waals surface area (Å²) >= 11 is 0. The lowest BCUT2D eigenvalue weighted by Crippen LogP contribution is -2.60. The highest BCUT2D eigenvalue weighted by molar-refractivity contribution is 5.91. The third-order valence-electron chi connectivity index (χ3n) is 7.49. The van der Waals surface area contributed by atoms with Gasteiger partial charge in [-0.05, 0) is 17.7 Å². The number of aliphatic hydroxyl groups excluding tert-OH is 8. The van der Waals surface area contributed by atoms with E-state index in [0.717, 1.165) is 12.3 Å². The molecule has 2 aliphatic heterocycles. The first-order valence-electron chi connectivity index (χ1n) is 12.9. The second-order valence-corrected chi connectivity index (χ2v) is 10.1. The van der Waals surface area contributed by atoms with E-state index in [0.29, 0.717) is 0 Å². The lowest BCUT2D eigenvalue weighted by molar-refractivity contribution is -0.277. The van der Waals surface area contributed by atoms with Crippen LogP contribution in [0.4, 0.5) is 0 Å². The van der Waals surface area contributed by atoms with Crippen LogP contribution >= 0.6 is 0 Å². The molecule has 42 heavy (non-hydrogen) atoms. The molecule has 5 rings (SSSR count). The standard InChI is InChI=1S/C27H30O15/c28-6-14-19(33)21(35)23(37)26(41-14)17-13(31)5-12(30)16-18(32)11(8-39-25(16)17)9-1-3-10(4-2-9)40-27-24(38)22(36)20(34)15(7-29)42-27/h1-5,8,14-15,19-24,26-31,33-38H,6-7H2. The summed E-state index contributed by atoms with van der Waals surface area (Å²) in [6.45, 7) is -1.37. The van der Waals surface area contributed by atoms with Crippen LogP contribution in [-0.4, -0.2) is 119 Å². The molecule has 3 aromatic rings. The Labute approximate surface area is 236 Å². The predicted molar refractivity (Wildman–Crippen MR) is 138 cm³/mol. The summed E-state index contributed by atoms with van der Waals surface area (Å²) in [5.41, 5.74) is -1.17. The lowest BCUT2D eigenvalue weighted by Gasteiger charge is -2.40. The van der Waals surface area contributed by atoms with Crippen LogP contribution in [0, 0.1) is 0 Å². The minimum atomic E-state index is -1.80. The Morgan fingerprint density at radius 3 is 1.95 bits per heavy atom. The van der Waals surface area contributed by atoms with Crippen LogP contribution in [0.3, 0.4) is 0 Å². The minimum absolute atomic E-state index is 0.0392. The second kappa shape index (κ2) is 11.7. The summed E-state index contributed by atoms with van der Waals surface area (Å²) < 4.78 is 22.0. The fourth-order valence-corrected chi connectivity index (χ4v) is 5.12. The van der Waals surface area contributed by atoms with Gasteiger partial charge in [0.1, 0.15) is 83.8 Å². The number of phenols is 2. The van der Waals surface area contributed by atoms with E-state index in [-0.39, 0.29) is 33.4 Å². The Hall–Kier alpha value is -3.35. The molecular weight excluding hydrogens is 564 g/mol. The van der Waals surface area contributed by atoms with Crippen molar-refractivity contribution in [3.05, 3.63) is 52.4 Å². The number of fused-ring (bicyclic) bond motifs is 1. The van der Waals surface area contributed by atoms with Crippen LogP contribution in [0.2, 0.25) is 0 Å². The van der Waals surface area contributed by atoms with Crippen molar-refractivity contribution in [1.29, 1.82) is 0 Å². The normalized spacial score (nSPS) is 33.5. The largest absolute Gasteiger partial charge is 0.507 e. The molecule has 0 aliphatic carbocycles. The average Bonchev–Trinajstić information content (AvgIpc) is 2.97. The van der Waals surface area contributed by atoms with Crippen molar-refractivity contribution >= 4 is 11.0 Å². The quantitative estimate of drug-likeness (QED) is 0.142. The number of aliphatic hydroxyl groups is 8. The molecule has 15 heteroatoms. The molecule has 10 unspecified atom stereocenters. The van der Waals surface area contributed by atoms with E-state index in [4.69, 9.17) is 18.6 Å². The fraction of sp³-hybridized carbons (Fsp3) is 0.444. The van der Waals surface area contributed by atoms with Crippen molar-refractivity contribution in [2.75, 3.05) is 13.2 Å². The predicted octanol–water partition coefficient (Wildman–Crippen LogP) is -2.44. The maximum atomic E-state index is 13.5. The van der Waals surface area contributed by atoms with Gasteiger partial charge in [-0.15, -0.1) is 0 Å². The molecule has 10 atom stereocenters. The molecule has 2 aliphatic rings. The zero-order valence-electron chi connectivity index (χ0n) is 21.7. The number of ether oxygens (including phenoxy) is 3. The summed E-state index contributed by atoms with van der Waals surface area (Å²) in [4.78, 5) is 13.5. The smallest absolute Gasteiger partial charge is 0.229 e. The van der Waals surface area contributed by atoms with Crippen LogP contribution in [-0.2, 0) is 9.47 Å². The topological polar surface area (TPSA) is 260 Å². The third kappa shape index (κ3) is 5.09. The first-order chi connectivity index (χ1) is 20.0. The summed E-state index contributed by atoms with van der Waals surface area (Å²) in [6.07, 6.45) is -14.5. The number of benzene rings is 2. The molecular formula is C27H30O15. The van der Waals surface area contributed by atoms with Crippen molar-refractivity contribution in [3.63, 3.8) is 0 Å². The highest BCUT2D eigenvalue weighted by Gasteiger charge is 2.46. The zero-order chi connectivity index (χ0) is 30.5. The molecule has 0 bridgehead atoms. The van der Waals surface area contributed by atoms with E-state index in [1.807, 2.05) is 0 Å². The monoisotopic (exact) mass is 594 g/mol. The Balaban J connectivity index is 1.47. The van der Waals surface area contributed by atoms with Crippen molar-refractivity contribution in [2.24, 2.45) is 0 Å². The van der Waals surface area contributed by atoms with E-state index in [1.54, 1.807) is 0 Å². The molecule has 10 N–H and O–H groups in total. The summed E-state index contributed by atoms with van der Waals surface area (Å²) in [7, 11) is 0. The van der Waals surface area contributed by atoms with Gasteiger partial charge in [0.2, 0.25) is 11.7 Å². The highest BCUT2D eigenvalue weighted by atomic mass is 16.7. The average molecular weight is 595 g/mol. The van der Waals surface area contributed by atoms with Gasteiger partial charge in [0.15, 0.2) is 5.58 Å². The second-order valence-electron chi connectivity index (χ2n) is 10.1. The molecule has 2 aromatic carbocycles. The number of aromatic hydroxyl groups is 2. The zero-order valence-corrected chi connectivity index (χ0v) is 21.7. The molecule has 0 amide bonds. The molecule has 0 saturated carbocycles. The van der Waals surface area contributed by atoms with Gasteiger partial charge in [-0.25, -0.2) is 0 Å². The Kier molecular flexibility index (Phi) is 8.41. The van der Waals surface area contributed by atoms with Gasteiger partial charge in [0.05, 0.1) is 24.3 Å². The molecule has 2 saturated heterocycles. The van der Waals surface area contributed by atoms with E-state index in [1.165, 1.54) is 24.3 Å². The van der Waals surface area contributed by atoms with E-state index >= 15 is 0 Å². The molecule has 15 nitrogen and oxygen atoms in total. The summed E-state index contributed by atoms with van der Waals surface area (Å²) in [6, 6.07) is 6.50. The highest BCUT2D eigenvalue weighted by Crippen LogP contribution is 2.43. The molecule has 228 valence electrons. The Morgan fingerprint density at radius 2 is 1.33 bits per heavy atom. The maximum Gasteiger partial charge on any atom is 0.229 e. The van der Waals surface area contributed by atoms with Crippen molar-refractivity contribution in [1.82, 2.24) is 0 Å². The van der Waals surface area contributed by atoms with E-state index < -0.39 is 91.4 Å². The first-order valence-corrected chi connectivity index (χ1v) is 12.9. The number of hydrogen-bond acceptors (Lipinski definition) is 15. The van der Waals surface area contributed by atoms with Crippen LogP contribution in [0.5, 0.6) is 17.2 Å².